The van der Waals surface area contributed by atoms with Crippen LogP contribution in [0, 0.1) is 0 Å². The van der Waals surface area contributed by atoms with Crippen molar-refractivity contribution >= 4 is 27.5 Å². The molecular formula is C27H37N3O6S. The number of nitrogens with zero attached hydrogens (tertiary/aromatic N) is 2. The minimum atomic E-state index is -3.85. The van der Waals surface area contributed by atoms with Crippen molar-refractivity contribution in [2.45, 2.75) is 57.7 Å². The predicted molar refractivity (Wildman–Crippen MR) is 143 cm³/mol. The summed E-state index contributed by atoms with van der Waals surface area (Å²) in [6, 6.07) is 13.2. The number of amides is 2. The van der Waals surface area contributed by atoms with Crippen LogP contribution in [0.15, 0.2) is 48.5 Å². The molecule has 0 aliphatic heterocycles. The number of nitrogens with one attached hydrogen (secondary N) is 1. The minimum absolute atomic E-state index is 0.0939. The van der Waals surface area contributed by atoms with E-state index in [0.29, 0.717) is 17.9 Å². The van der Waals surface area contributed by atoms with Gasteiger partial charge in [0.1, 0.15) is 24.1 Å². The molecule has 2 amide bonds. The van der Waals surface area contributed by atoms with E-state index >= 15 is 0 Å². The van der Waals surface area contributed by atoms with E-state index in [-0.39, 0.29) is 24.2 Å². The number of para-hydroxylation sites is 2. The molecule has 1 aliphatic carbocycles. The van der Waals surface area contributed by atoms with Crippen LogP contribution in [0.5, 0.6) is 11.5 Å². The Kier molecular flexibility index (Phi) is 9.79. The van der Waals surface area contributed by atoms with Crippen LogP contribution in [0.1, 0.15) is 44.6 Å². The van der Waals surface area contributed by atoms with Gasteiger partial charge in [-0.15, -0.1) is 0 Å². The fourth-order valence-electron chi connectivity index (χ4n) is 4.69. The summed E-state index contributed by atoms with van der Waals surface area (Å²) in [6.45, 7) is 1.49. The molecule has 9 nitrogen and oxygen atoms in total. The molecule has 1 N–H and O–H groups in total. The summed E-state index contributed by atoms with van der Waals surface area (Å²) in [5.74, 6) is 0.229. The maximum absolute atomic E-state index is 13.8. The molecule has 0 heterocycles. The minimum Gasteiger partial charge on any atom is -0.497 e. The lowest BCUT2D eigenvalue weighted by molar-refractivity contribution is -0.140. The van der Waals surface area contributed by atoms with E-state index in [4.69, 9.17) is 9.47 Å². The molecule has 37 heavy (non-hydrogen) atoms. The molecule has 0 aromatic heterocycles. The molecule has 0 radical (unpaired) electrons. The summed E-state index contributed by atoms with van der Waals surface area (Å²) >= 11 is 0. The normalized spacial score (nSPS) is 14.6. The second kappa shape index (κ2) is 12.8. The van der Waals surface area contributed by atoms with Gasteiger partial charge in [-0.25, -0.2) is 8.42 Å². The van der Waals surface area contributed by atoms with Crippen molar-refractivity contribution in [2.24, 2.45) is 0 Å². The number of anilines is 1. The van der Waals surface area contributed by atoms with Crippen LogP contribution < -0.4 is 19.1 Å². The summed E-state index contributed by atoms with van der Waals surface area (Å²) in [5.41, 5.74) is 1.02. The van der Waals surface area contributed by atoms with Crippen molar-refractivity contribution in [2.75, 3.05) is 31.3 Å². The molecule has 10 heteroatoms. The van der Waals surface area contributed by atoms with Gasteiger partial charge in [0.15, 0.2) is 0 Å². The molecule has 3 rings (SSSR count). The van der Waals surface area contributed by atoms with Crippen LogP contribution in [-0.4, -0.2) is 64.2 Å². The topological polar surface area (TPSA) is 105 Å². The highest BCUT2D eigenvalue weighted by Gasteiger charge is 2.33. The van der Waals surface area contributed by atoms with Crippen molar-refractivity contribution in [3.8, 4) is 11.5 Å². The molecule has 1 aliphatic rings. The lowest BCUT2D eigenvalue weighted by atomic mass is 10.1. The third kappa shape index (κ3) is 7.38. The zero-order valence-electron chi connectivity index (χ0n) is 22.0. The first-order chi connectivity index (χ1) is 17.7. The fraction of sp³-hybridized carbons (Fsp3) is 0.481. The van der Waals surface area contributed by atoms with Crippen LogP contribution in [0.2, 0.25) is 0 Å². The van der Waals surface area contributed by atoms with Crippen molar-refractivity contribution in [3.05, 3.63) is 54.1 Å². The molecule has 1 fully saturated rings. The van der Waals surface area contributed by atoms with Gasteiger partial charge in [0.2, 0.25) is 21.8 Å². The molecule has 202 valence electrons. The molecule has 2 aromatic carbocycles. The highest BCUT2D eigenvalue weighted by atomic mass is 32.2. The van der Waals surface area contributed by atoms with Crippen molar-refractivity contribution in [3.63, 3.8) is 0 Å². The van der Waals surface area contributed by atoms with Crippen LogP contribution in [0.25, 0.3) is 0 Å². The van der Waals surface area contributed by atoms with E-state index in [1.807, 2.05) is 19.1 Å². The van der Waals surface area contributed by atoms with E-state index in [2.05, 4.69) is 5.32 Å². The molecule has 1 atom stereocenters. The van der Waals surface area contributed by atoms with Gasteiger partial charge in [-0.3, -0.25) is 13.9 Å². The summed E-state index contributed by atoms with van der Waals surface area (Å²) < 4.78 is 37.3. The van der Waals surface area contributed by atoms with Crippen LogP contribution >= 0.6 is 0 Å². The zero-order chi connectivity index (χ0) is 27.0. The summed E-state index contributed by atoms with van der Waals surface area (Å²) in [5, 5.41) is 3.10. The first kappa shape index (κ1) is 28.3. The average molecular weight is 532 g/mol. The van der Waals surface area contributed by atoms with Gasteiger partial charge in [0.05, 0.1) is 26.2 Å². The van der Waals surface area contributed by atoms with E-state index in [1.165, 1.54) is 12.0 Å². The standard InChI is InChI=1S/C27H37N3O6S/c1-5-23(27(32)28-21-12-6-7-13-21)29(18-20-11-10-14-22(17-20)35-2)26(31)19-30(37(4,33)34)24-15-8-9-16-25(24)36-3/h8-11,14-17,21,23H,5-7,12-13,18-19H2,1-4H3,(H,28,32)/t23-/m0/s1. The molecule has 0 unspecified atom stereocenters. The quantitative estimate of drug-likeness (QED) is 0.451. The maximum Gasteiger partial charge on any atom is 0.244 e. The van der Waals surface area contributed by atoms with Gasteiger partial charge in [0.25, 0.3) is 0 Å². The number of hydrogen-bond acceptors (Lipinski definition) is 6. The SMILES string of the molecule is CC[C@@H](C(=O)NC1CCCC1)N(Cc1cccc(OC)c1)C(=O)CN(c1ccccc1OC)S(C)(=O)=O. The molecular weight excluding hydrogens is 494 g/mol. The summed E-state index contributed by atoms with van der Waals surface area (Å²) in [7, 11) is -0.849. The number of sulfonamides is 1. The molecule has 0 bridgehead atoms. The van der Waals surface area contributed by atoms with Crippen molar-refractivity contribution < 1.29 is 27.5 Å². The summed E-state index contributed by atoms with van der Waals surface area (Å²) in [4.78, 5) is 28.7. The first-order valence-corrected chi connectivity index (χ1v) is 14.4. The Morgan fingerprint density at radius 3 is 2.38 bits per heavy atom. The maximum atomic E-state index is 13.8. The van der Waals surface area contributed by atoms with Crippen molar-refractivity contribution in [1.29, 1.82) is 0 Å². The predicted octanol–water partition coefficient (Wildman–Crippen LogP) is 3.34. The third-order valence-corrected chi connectivity index (χ3v) is 7.73. The lowest BCUT2D eigenvalue weighted by Gasteiger charge is -2.33. The van der Waals surface area contributed by atoms with E-state index in [1.54, 1.807) is 43.5 Å². The van der Waals surface area contributed by atoms with Crippen LogP contribution in [0.4, 0.5) is 5.69 Å². The number of hydrogen-bond donors (Lipinski definition) is 1. The Morgan fingerprint density at radius 2 is 1.76 bits per heavy atom. The van der Waals surface area contributed by atoms with Crippen molar-refractivity contribution in [1.82, 2.24) is 10.2 Å². The zero-order valence-corrected chi connectivity index (χ0v) is 22.8. The third-order valence-electron chi connectivity index (χ3n) is 6.61. The van der Waals surface area contributed by atoms with E-state index in [0.717, 1.165) is 41.8 Å². The number of rotatable bonds is 12. The van der Waals surface area contributed by atoms with Gasteiger partial charge in [0, 0.05) is 12.6 Å². The van der Waals surface area contributed by atoms with Gasteiger partial charge in [-0.1, -0.05) is 44.0 Å². The molecule has 2 aromatic rings. The highest BCUT2D eigenvalue weighted by Crippen LogP contribution is 2.30. The Bertz CT molecular complexity index is 1180. The summed E-state index contributed by atoms with van der Waals surface area (Å²) in [6.07, 6.45) is 5.39. The Balaban J connectivity index is 1.96. The Hall–Kier alpha value is -3.27. The Morgan fingerprint density at radius 1 is 1.05 bits per heavy atom. The largest absolute Gasteiger partial charge is 0.497 e. The van der Waals surface area contributed by atoms with Gasteiger partial charge < -0.3 is 19.7 Å². The van der Waals surface area contributed by atoms with E-state index in [9.17, 15) is 18.0 Å². The fourth-order valence-corrected chi connectivity index (χ4v) is 5.54. The van der Waals surface area contributed by atoms with Crippen LogP contribution in [0.3, 0.4) is 0 Å². The molecule has 0 spiro atoms. The number of ether oxygens (including phenoxy) is 2. The second-order valence-corrected chi connectivity index (χ2v) is 11.1. The number of benzene rings is 2. The van der Waals surface area contributed by atoms with Gasteiger partial charge in [-0.05, 0) is 49.1 Å². The number of methoxy groups -OCH3 is 2. The Labute approximate surface area is 219 Å². The lowest BCUT2D eigenvalue weighted by Crippen LogP contribution is -2.53. The second-order valence-electron chi connectivity index (χ2n) is 9.23. The van der Waals surface area contributed by atoms with E-state index < -0.39 is 28.5 Å². The smallest absolute Gasteiger partial charge is 0.244 e. The first-order valence-electron chi connectivity index (χ1n) is 12.5. The van der Waals surface area contributed by atoms with Gasteiger partial charge >= 0.3 is 0 Å². The highest BCUT2D eigenvalue weighted by molar-refractivity contribution is 7.92. The molecule has 0 saturated heterocycles. The van der Waals surface area contributed by atoms with Crippen LogP contribution in [-0.2, 0) is 26.2 Å². The monoisotopic (exact) mass is 531 g/mol. The molecule has 1 saturated carbocycles. The average Bonchev–Trinajstić information content (AvgIpc) is 3.39. The number of carbonyl (C=O) groups is 2. The van der Waals surface area contributed by atoms with Gasteiger partial charge in [-0.2, -0.15) is 0 Å². The number of carbonyl (C=O) groups excluding carboxylic acids is 2.